The number of fused-ring (bicyclic) bond motifs is 2. The van der Waals surface area contributed by atoms with E-state index in [1.54, 1.807) is 6.07 Å². The van der Waals surface area contributed by atoms with Crippen LogP contribution in [0.25, 0.3) is 11.3 Å². The normalized spacial score (nSPS) is 15.3. The van der Waals surface area contributed by atoms with Gasteiger partial charge in [0.05, 0.1) is 21.9 Å². The lowest BCUT2D eigenvalue weighted by Gasteiger charge is -2.21. The summed E-state index contributed by atoms with van der Waals surface area (Å²) in [5, 5.41) is 17.5. The Balaban J connectivity index is 1.57. The molecule has 0 unspecified atom stereocenters. The minimum atomic E-state index is -0.478. The summed E-state index contributed by atoms with van der Waals surface area (Å²) in [4.78, 5) is 26.3. The number of ether oxygens (including phenoxy) is 2. The van der Waals surface area contributed by atoms with Gasteiger partial charge in [-0.2, -0.15) is 0 Å². The number of benzene rings is 3. The van der Waals surface area contributed by atoms with Crippen LogP contribution in [0.2, 0.25) is 0 Å². The van der Waals surface area contributed by atoms with Crippen LogP contribution in [0.15, 0.2) is 60.7 Å². The largest absolute Gasteiger partial charge is 0.486 e. The molecule has 9 heteroatoms. The van der Waals surface area contributed by atoms with Crippen molar-refractivity contribution in [2.24, 2.45) is 0 Å². The van der Waals surface area contributed by atoms with Crippen LogP contribution in [0.3, 0.4) is 0 Å². The van der Waals surface area contributed by atoms with Crippen LogP contribution in [-0.4, -0.2) is 42.0 Å². The Morgan fingerprint density at radius 3 is 2.43 bits per heavy atom. The lowest BCUT2D eigenvalue weighted by molar-refractivity contribution is -0.384. The van der Waals surface area contributed by atoms with Crippen LogP contribution in [0.5, 0.6) is 11.5 Å². The van der Waals surface area contributed by atoms with E-state index in [1.165, 1.54) is 17.7 Å². The first kappa shape index (κ1) is 24.3. The molecule has 0 bridgehead atoms. The zero-order valence-corrected chi connectivity index (χ0v) is 20.7. The molecule has 0 spiro atoms. The smallest absolute Gasteiger partial charge is 0.271 e. The highest BCUT2D eigenvalue weighted by molar-refractivity contribution is 6.37. The first-order valence-corrected chi connectivity index (χ1v) is 12.3. The van der Waals surface area contributed by atoms with Crippen molar-refractivity contribution in [3.8, 4) is 11.5 Å². The number of carbonyl (C=O) groups excluding carboxylic acids is 1. The van der Waals surface area contributed by atoms with Crippen molar-refractivity contribution in [2.45, 2.75) is 20.4 Å². The Hall–Kier alpha value is -4.37. The van der Waals surface area contributed by atoms with Crippen molar-refractivity contribution in [3.05, 3.63) is 87.5 Å². The quantitative estimate of drug-likeness (QED) is 0.251. The summed E-state index contributed by atoms with van der Waals surface area (Å²) in [6, 6.07) is 18.0. The van der Waals surface area contributed by atoms with Gasteiger partial charge in [-0.05, 0) is 55.1 Å². The molecule has 5 rings (SSSR count). The molecular formula is C28H28N4O5. The third-order valence-electron chi connectivity index (χ3n) is 6.56. The summed E-state index contributed by atoms with van der Waals surface area (Å²) in [6.45, 7) is 8.02. The van der Waals surface area contributed by atoms with Crippen LogP contribution in [0.4, 0.5) is 17.1 Å². The summed E-state index contributed by atoms with van der Waals surface area (Å²) >= 11 is 0. The molecule has 2 aliphatic rings. The van der Waals surface area contributed by atoms with Crippen molar-refractivity contribution in [3.63, 3.8) is 0 Å². The van der Waals surface area contributed by atoms with Crippen molar-refractivity contribution >= 4 is 34.2 Å². The van der Waals surface area contributed by atoms with Crippen LogP contribution in [0.1, 0.15) is 30.5 Å². The van der Waals surface area contributed by atoms with Crippen LogP contribution < -0.4 is 20.1 Å². The van der Waals surface area contributed by atoms with Crippen LogP contribution in [0, 0.1) is 10.1 Å². The number of carbonyl (C=O) groups is 1. The second kappa shape index (κ2) is 10.3. The number of hydrogen-bond donors (Lipinski definition) is 2. The van der Waals surface area contributed by atoms with Gasteiger partial charge in [-0.1, -0.05) is 26.0 Å². The third kappa shape index (κ3) is 4.99. The highest BCUT2D eigenvalue weighted by atomic mass is 16.6. The molecule has 3 aromatic rings. The summed E-state index contributed by atoms with van der Waals surface area (Å²) in [5.41, 5.74) is 4.60. The van der Waals surface area contributed by atoms with E-state index in [1.807, 2.05) is 30.3 Å². The van der Waals surface area contributed by atoms with Gasteiger partial charge in [0.15, 0.2) is 11.5 Å². The SMILES string of the molecule is CCN(CC)Cc1ccc(N/C(=C2\C(=O)Nc3cc([N+](=O)[O-])ccc32)c2ccc3c(c2)OCCO3)cc1. The molecule has 190 valence electrons. The molecule has 0 atom stereocenters. The van der Waals surface area contributed by atoms with Crippen molar-refractivity contribution in [1.29, 1.82) is 0 Å². The maximum Gasteiger partial charge on any atom is 0.271 e. The van der Waals surface area contributed by atoms with E-state index >= 15 is 0 Å². The zero-order valence-electron chi connectivity index (χ0n) is 20.7. The van der Waals surface area contributed by atoms with E-state index in [0.717, 1.165) is 30.9 Å². The highest BCUT2D eigenvalue weighted by Gasteiger charge is 2.30. The molecule has 2 heterocycles. The lowest BCUT2D eigenvalue weighted by Crippen LogP contribution is -2.22. The van der Waals surface area contributed by atoms with E-state index < -0.39 is 4.92 Å². The summed E-state index contributed by atoms with van der Waals surface area (Å²) in [7, 11) is 0. The number of nitrogens with zero attached hydrogens (tertiary/aromatic N) is 2. The van der Waals surface area contributed by atoms with Gasteiger partial charge < -0.3 is 20.1 Å². The molecule has 0 aromatic heterocycles. The predicted molar refractivity (Wildman–Crippen MR) is 143 cm³/mol. The Labute approximate surface area is 214 Å². The average molecular weight is 501 g/mol. The molecule has 2 N–H and O–H groups in total. The minimum Gasteiger partial charge on any atom is -0.486 e. The molecule has 9 nitrogen and oxygen atoms in total. The lowest BCUT2D eigenvalue weighted by atomic mass is 9.99. The Morgan fingerprint density at radius 2 is 1.73 bits per heavy atom. The van der Waals surface area contributed by atoms with Crippen LogP contribution in [-0.2, 0) is 11.3 Å². The Kier molecular flexibility index (Phi) is 6.78. The van der Waals surface area contributed by atoms with Gasteiger partial charge in [0.1, 0.15) is 13.2 Å². The molecule has 0 aliphatic carbocycles. The zero-order chi connectivity index (χ0) is 25.9. The van der Waals surface area contributed by atoms with Gasteiger partial charge in [0.25, 0.3) is 11.6 Å². The van der Waals surface area contributed by atoms with Gasteiger partial charge in [0, 0.05) is 35.5 Å². The Bertz CT molecular complexity index is 1380. The molecule has 0 saturated carbocycles. The number of rotatable bonds is 8. The van der Waals surface area contributed by atoms with E-state index in [-0.39, 0.29) is 11.6 Å². The van der Waals surface area contributed by atoms with Crippen molar-refractivity contribution < 1.29 is 19.2 Å². The number of hydrogen-bond acceptors (Lipinski definition) is 7. The van der Waals surface area contributed by atoms with E-state index in [9.17, 15) is 14.9 Å². The molecule has 3 aromatic carbocycles. The summed E-state index contributed by atoms with van der Waals surface area (Å²) < 4.78 is 11.5. The number of nitro groups is 1. The van der Waals surface area contributed by atoms with Crippen molar-refractivity contribution in [2.75, 3.05) is 36.9 Å². The second-order valence-corrected chi connectivity index (χ2v) is 8.83. The maximum absolute atomic E-state index is 13.2. The van der Waals surface area contributed by atoms with Gasteiger partial charge >= 0.3 is 0 Å². The number of non-ortho nitro benzene ring substituents is 1. The molecular weight excluding hydrogens is 472 g/mol. The van der Waals surface area contributed by atoms with E-state index in [4.69, 9.17) is 9.47 Å². The maximum atomic E-state index is 13.2. The molecule has 2 aliphatic heterocycles. The number of nitro benzene ring substituents is 1. The molecule has 0 radical (unpaired) electrons. The minimum absolute atomic E-state index is 0.0853. The molecule has 1 amide bonds. The van der Waals surface area contributed by atoms with Crippen LogP contribution >= 0.6 is 0 Å². The van der Waals surface area contributed by atoms with Gasteiger partial charge in [-0.25, -0.2) is 0 Å². The highest BCUT2D eigenvalue weighted by Crippen LogP contribution is 2.41. The third-order valence-corrected chi connectivity index (χ3v) is 6.56. The topological polar surface area (TPSA) is 106 Å². The number of anilines is 2. The molecule has 0 fully saturated rings. The fourth-order valence-electron chi connectivity index (χ4n) is 4.54. The predicted octanol–water partition coefficient (Wildman–Crippen LogP) is 5.14. The number of nitrogens with one attached hydrogen (secondary N) is 2. The monoisotopic (exact) mass is 500 g/mol. The fourth-order valence-corrected chi connectivity index (χ4v) is 4.54. The molecule has 37 heavy (non-hydrogen) atoms. The first-order chi connectivity index (χ1) is 18.0. The average Bonchev–Trinajstić information content (AvgIpc) is 3.25. The van der Waals surface area contributed by atoms with E-state index in [2.05, 4.69) is 41.5 Å². The summed E-state index contributed by atoms with van der Waals surface area (Å²) in [5.74, 6) is 0.901. The molecule has 0 saturated heterocycles. The van der Waals surface area contributed by atoms with Gasteiger partial charge in [-0.15, -0.1) is 0 Å². The van der Waals surface area contributed by atoms with Crippen molar-refractivity contribution in [1.82, 2.24) is 4.90 Å². The summed E-state index contributed by atoms with van der Waals surface area (Å²) in [6.07, 6.45) is 0. The first-order valence-electron chi connectivity index (χ1n) is 12.3. The van der Waals surface area contributed by atoms with Gasteiger partial charge in [0.2, 0.25) is 0 Å². The van der Waals surface area contributed by atoms with E-state index in [0.29, 0.717) is 47.2 Å². The Morgan fingerprint density at radius 1 is 1.00 bits per heavy atom. The standard InChI is InChI=1S/C28H28N4O5/c1-3-31(4-2)17-18-5-8-20(9-6-18)29-27(19-7-12-24-25(15-19)37-14-13-36-24)26-22-11-10-21(32(34)35)16-23(22)30-28(26)33/h5-12,15-16,29H,3-4,13-14,17H2,1-2H3,(H,30,33)/b27-26-. The fraction of sp³-hybridized carbons (Fsp3) is 0.250. The second-order valence-electron chi connectivity index (χ2n) is 8.83. The van der Waals surface area contributed by atoms with Gasteiger partial charge in [-0.3, -0.25) is 19.8 Å². The number of amides is 1.